The lowest BCUT2D eigenvalue weighted by Crippen LogP contribution is -2.46. The predicted molar refractivity (Wildman–Crippen MR) is 104 cm³/mol. The van der Waals surface area contributed by atoms with Gasteiger partial charge in [0, 0.05) is 18.3 Å². The molecule has 2 N–H and O–H groups in total. The maximum absolute atomic E-state index is 13.5. The minimum Gasteiger partial charge on any atom is -0.360 e. The monoisotopic (exact) mass is 417 g/mol. The molecule has 1 aromatic carbocycles. The number of ether oxygens (including phenoxy) is 1. The molecule has 1 spiro atoms. The first-order chi connectivity index (χ1) is 13.6. The fraction of sp³-hybridized carbons (Fsp3) is 0.500. The summed E-state index contributed by atoms with van der Waals surface area (Å²) >= 11 is 0. The van der Waals surface area contributed by atoms with Gasteiger partial charge >= 0.3 is 0 Å². The van der Waals surface area contributed by atoms with Crippen molar-refractivity contribution in [3.05, 3.63) is 35.9 Å². The molecule has 0 saturated carbocycles. The van der Waals surface area contributed by atoms with Crippen LogP contribution in [0.1, 0.15) is 19.4 Å². The van der Waals surface area contributed by atoms with Gasteiger partial charge in [0.25, 0.3) is 0 Å². The minimum absolute atomic E-state index is 0.0332. The van der Waals surface area contributed by atoms with Crippen LogP contribution in [0.3, 0.4) is 0 Å². The van der Waals surface area contributed by atoms with E-state index in [4.69, 9.17) is 9.88 Å². The average Bonchev–Trinajstić information content (AvgIpc) is 3.39. The van der Waals surface area contributed by atoms with E-state index in [9.17, 15) is 18.0 Å². The van der Waals surface area contributed by atoms with Gasteiger partial charge in [-0.2, -0.15) is 0 Å². The molecule has 5 rings (SSSR count). The van der Waals surface area contributed by atoms with Crippen molar-refractivity contribution >= 4 is 27.5 Å². The number of sulfonamides is 1. The van der Waals surface area contributed by atoms with Crippen LogP contribution in [-0.4, -0.2) is 56.0 Å². The molecule has 2 bridgehead atoms. The zero-order chi connectivity index (χ0) is 20.7. The third kappa shape index (κ3) is 2.54. The van der Waals surface area contributed by atoms with E-state index in [1.807, 2.05) is 26.0 Å². The normalized spacial score (nSPS) is 32.4. The Kier molecular flexibility index (Phi) is 3.82. The van der Waals surface area contributed by atoms with Crippen molar-refractivity contribution in [3.8, 4) is 0 Å². The molecule has 29 heavy (non-hydrogen) atoms. The van der Waals surface area contributed by atoms with Crippen LogP contribution in [0.15, 0.2) is 35.2 Å². The van der Waals surface area contributed by atoms with Gasteiger partial charge in [0.2, 0.25) is 21.8 Å². The largest absolute Gasteiger partial charge is 0.360 e. The number of hydrogen-bond acceptors (Lipinski definition) is 5. The number of primary sulfonamides is 1. The average molecular weight is 417 g/mol. The molecule has 0 aliphatic carbocycles. The van der Waals surface area contributed by atoms with Crippen molar-refractivity contribution in [2.45, 2.75) is 42.9 Å². The number of amides is 2. The topological polar surface area (TPSA) is 110 Å². The Morgan fingerprint density at radius 3 is 2.79 bits per heavy atom. The van der Waals surface area contributed by atoms with Crippen LogP contribution in [0.5, 0.6) is 0 Å². The second kappa shape index (κ2) is 5.90. The standard InChI is InChI=1S/C20H23N3O5S/c1-11(2)23-10-20-7-5-15(28-20)16(17(20)19(23)25)18(24)22-8-6-12-9-13(29(21,26)27)3-4-14(12)22/h3-5,7,9,11,15-17H,6,8,10H2,1-2H3,(H2,21,26,27)/t15-,16+,17+,20-/m1/s1. The maximum atomic E-state index is 13.5. The summed E-state index contributed by atoms with van der Waals surface area (Å²) in [4.78, 5) is 30.1. The van der Waals surface area contributed by atoms with Gasteiger partial charge in [-0.25, -0.2) is 13.6 Å². The van der Waals surface area contributed by atoms with E-state index < -0.39 is 33.6 Å². The van der Waals surface area contributed by atoms with E-state index >= 15 is 0 Å². The highest BCUT2D eigenvalue weighted by molar-refractivity contribution is 7.89. The molecule has 2 fully saturated rings. The van der Waals surface area contributed by atoms with Crippen LogP contribution in [-0.2, 0) is 30.8 Å². The van der Waals surface area contributed by atoms with Gasteiger partial charge in [-0.3, -0.25) is 9.59 Å². The number of anilines is 1. The summed E-state index contributed by atoms with van der Waals surface area (Å²) in [5.74, 6) is -1.26. The first kappa shape index (κ1) is 18.8. The smallest absolute Gasteiger partial charge is 0.238 e. The van der Waals surface area contributed by atoms with Crippen LogP contribution in [0, 0.1) is 11.8 Å². The summed E-state index contributed by atoms with van der Waals surface area (Å²) in [5.41, 5.74) is 0.724. The summed E-state index contributed by atoms with van der Waals surface area (Å²) in [6.07, 6.45) is 3.99. The third-order valence-electron chi connectivity index (χ3n) is 6.58. The fourth-order valence-corrected chi connectivity index (χ4v) is 5.78. The number of nitrogens with zero attached hydrogens (tertiary/aromatic N) is 2. The van der Waals surface area contributed by atoms with E-state index in [0.717, 1.165) is 5.56 Å². The zero-order valence-corrected chi connectivity index (χ0v) is 17.1. The summed E-state index contributed by atoms with van der Waals surface area (Å²) in [6.45, 7) is 4.83. The highest BCUT2D eigenvalue weighted by Gasteiger charge is 2.67. The zero-order valence-electron chi connectivity index (χ0n) is 16.2. The number of nitrogens with two attached hydrogens (primary N) is 1. The van der Waals surface area contributed by atoms with Gasteiger partial charge in [0.05, 0.1) is 29.4 Å². The maximum Gasteiger partial charge on any atom is 0.238 e. The molecule has 2 amide bonds. The Balaban J connectivity index is 1.48. The molecule has 4 atom stereocenters. The molecule has 4 aliphatic rings. The molecule has 0 aromatic heterocycles. The summed E-state index contributed by atoms with van der Waals surface area (Å²) < 4.78 is 29.4. The first-order valence-corrected chi connectivity index (χ1v) is 11.3. The Morgan fingerprint density at radius 1 is 1.34 bits per heavy atom. The lowest BCUT2D eigenvalue weighted by molar-refractivity contribution is -0.137. The van der Waals surface area contributed by atoms with Crippen LogP contribution in [0.25, 0.3) is 0 Å². The molecular weight excluding hydrogens is 394 g/mol. The van der Waals surface area contributed by atoms with Crippen molar-refractivity contribution in [2.75, 3.05) is 18.0 Å². The number of likely N-dealkylation sites (tertiary alicyclic amines) is 1. The Morgan fingerprint density at radius 2 is 2.10 bits per heavy atom. The second-order valence-corrected chi connectivity index (χ2v) is 10.1. The van der Waals surface area contributed by atoms with Crippen LogP contribution >= 0.6 is 0 Å². The van der Waals surface area contributed by atoms with Crippen LogP contribution in [0.4, 0.5) is 5.69 Å². The molecule has 154 valence electrons. The van der Waals surface area contributed by atoms with E-state index in [0.29, 0.717) is 25.2 Å². The molecule has 9 heteroatoms. The molecular formula is C20H23N3O5S. The van der Waals surface area contributed by atoms with Gasteiger partial charge < -0.3 is 14.5 Å². The molecule has 8 nitrogen and oxygen atoms in total. The summed E-state index contributed by atoms with van der Waals surface area (Å²) in [7, 11) is -3.80. The van der Waals surface area contributed by atoms with Gasteiger partial charge in [-0.05, 0) is 44.0 Å². The lowest BCUT2D eigenvalue weighted by atomic mass is 9.76. The second-order valence-electron chi connectivity index (χ2n) is 8.54. The fourth-order valence-electron chi connectivity index (χ4n) is 5.21. The SMILES string of the molecule is CC(C)N1C[C@@]23C=C[C@@H](O2)[C@H](C(=O)N2CCc4cc(S(N)(=O)=O)ccc42)[C@H]3C1=O. The molecule has 0 unspecified atom stereocenters. The van der Waals surface area contributed by atoms with Crippen molar-refractivity contribution in [1.82, 2.24) is 4.90 Å². The van der Waals surface area contributed by atoms with Gasteiger partial charge in [-0.15, -0.1) is 0 Å². The van der Waals surface area contributed by atoms with Crippen LogP contribution in [0.2, 0.25) is 0 Å². The number of benzene rings is 1. The first-order valence-electron chi connectivity index (χ1n) is 9.77. The van der Waals surface area contributed by atoms with Crippen molar-refractivity contribution < 1.29 is 22.7 Å². The van der Waals surface area contributed by atoms with E-state index in [1.165, 1.54) is 12.1 Å². The molecule has 1 aromatic rings. The quantitative estimate of drug-likeness (QED) is 0.717. The lowest BCUT2D eigenvalue weighted by Gasteiger charge is -2.28. The van der Waals surface area contributed by atoms with Crippen molar-refractivity contribution in [1.29, 1.82) is 0 Å². The highest BCUT2D eigenvalue weighted by Crippen LogP contribution is 2.53. The summed E-state index contributed by atoms with van der Waals surface area (Å²) in [6, 6.07) is 4.60. The van der Waals surface area contributed by atoms with Crippen molar-refractivity contribution in [2.24, 2.45) is 17.0 Å². The van der Waals surface area contributed by atoms with E-state index in [2.05, 4.69) is 0 Å². The number of fused-ring (bicyclic) bond motifs is 2. The minimum atomic E-state index is -3.80. The Hall–Kier alpha value is -2.23. The Labute approximate surface area is 169 Å². The number of rotatable bonds is 3. The number of carbonyl (C=O) groups is 2. The number of carbonyl (C=O) groups excluding carboxylic acids is 2. The van der Waals surface area contributed by atoms with Gasteiger partial charge in [0.1, 0.15) is 5.60 Å². The molecule has 0 radical (unpaired) electrons. The molecule has 4 heterocycles. The summed E-state index contributed by atoms with van der Waals surface area (Å²) in [5, 5.41) is 5.22. The van der Waals surface area contributed by atoms with Crippen molar-refractivity contribution in [3.63, 3.8) is 0 Å². The van der Waals surface area contributed by atoms with Gasteiger partial charge in [0.15, 0.2) is 0 Å². The van der Waals surface area contributed by atoms with Crippen LogP contribution < -0.4 is 10.0 Å². The predicted octanol–water partition coefficient (Wildman–Crippen LogP) is 0.414. The molecule has 4 aliphatic heterocycles. The third-order valence-corrected chi connectivity index (χ3v) is 7.49. The van der Waals surface area contributed by atoms with E-state index in [-0.39, 0.29) is 22.8 Å². The number of hydrogen-bond donors (Lipinski definition) is 1. The van der Waals surface area contributed by atoms with Gasteiger partial charge in [-0.1, -0.05) is 12.2 Å². The highest BCUT2D eigenvalue weighted by atomic mass is 32.2. The Bertz CT molecular complexity index is 1070. The molecule has 2 saturated heterocycles. The van der Waals surface area contributed by atoms with E-state index in [1.54, 1.807) is 15.9 Å².